The molecule has 24 heavy (non-hydrogen) atoms. The van der Waals surface area contributed by atoms with E-state index in [1.54, 1.807) is 0 Å². The molecule has 1 aromatic rings. The normalized spacial score (nSPS) is 25.3. The molecule has 2 atom stereocenters. The Balaban J connectivity index is 1.59. The first-order valence-corrected chi connectivity index (χ1v) is 9.92. The lowest BCUT2D eigenvalue weighted by molar-refractivity contribution is 0.364. The second-order valence-electron chi connectivity index (χ2n) is 6.38. The maximum absolute atomic E-state index is 13.6. The molecule has 1 saturated heterocycles. The summed E-state index contributed by atoms with van der Waals surface area (Å²) in [7, 11) is -3.53. The van der Waals surface area contributed by atoms with Gasteiger partial charge in [0.2, 0.25) is 0 Å². The fourth-order valence-electron chi connectivity index (χ4n) is 2.87. The van der Waals surface area contributed by atoms with E-state index in [4.69, 9.17) is 0 Å². The third-order valence-corrected chi connectivity index (χ3v) is 6.32. The number of benzene rings is 1. The van der Waals surface area contributed by atoms with Crippen molar-refractivity contribution in [1.29, 1.82) is 0 Å². The highest BCUT2D eigenvalue weighted by atomic mass is 32.2. The predicted molar refractivity (Wildman–Crippen MR) is 91.0 cm³/mol. The molecule has 1 aromatic carbocycles. The minimum atomic E-state index is -3.53. The van der Waals surface area contributed by atoms with Crippen LogP contribution in [0, 0.1) is 11.6 Å². The van der Waals surface area contributed by atoms with Crippen LogP contribution in [0.2, 0.25) is 0 Å². The van der Waals surface area contributed by atoms with E-state index in [1.165, 1.54) is 4.31 Å². The Labute approximate surface area is 146 Å². The first-order valence-electron chi connectivity index (χ1n) is 7.97. The molecule has 0 radical (unpaired) electrons. The van der Waals surface area contributed by atoms with Crippen LogP contribution < -0.4 is 10.0 Å². The minimum Gasteiger partial charge on any atom is -0.311 e. The molecule has 1 heterocycles. The Kier molecular flexibility index (Phi) is 5.45. The van der Waals surface area contributed by atoms with Gasteiger partial charge in [0.15, 0.2) is 0 Å². The third-order valence-electron chi connectivity index (χ3n) is 4.25. The summed E-state index contributed by atoms with van der Waals surface area (Å²) < 4.78 is 55.7. The number of nitrogens with one attached hydrogen (secondary N) is 2. The van der Waals surface area contributed by atoms with E-state index < -0.39 is 21.8 Å². The van der Waals surface area contributed by atoms with Crippen molar-refractivity contribution in [3.05, 3.63) is 35.4 Å². The van der Waals surface area contributed by atoms with Crippen LogP contribution in [0.4, 0.5) is 8.78 Å². The predicted octanol–water partition coefficient (Wildman–Crippen LogP) is 1.42. The highest BCUT2D eigenvalue weighted by molar-refractivity contribution is 7.87. The molecule has 3 rings (SSSR count). The highest BCUT2D eigenvalue weighted by Crippen LogP contribution is 2.27. The maximum Gasteiger partial charge on any atom is 0.280 e. The molecular weight excluding hydrogens is 356 g/mol. The summed E-state index contributed by atoms with van der Waals surface area (Å²) in [5, 5.41) is 3.00. The minimum absolute atomic E-state index is 0.0292. The zero-order valence-electron chi connectivity index (χ0n) is 13.1. The molecule has 1 saturated carbocycles. The topological polar surface area (TPSA) is 61.4 Å². The number of hydrogen-bond donors (Lipinski definition) is 3. The molecule has 5 nitrogen and oxygen atoms in total. The Hall–Kier alpha value is -0.740. The van der Waals surface area contributed by atoms with Crippen molar-refractivity contribution in [2.45, 2.75) is 43.1 Å². The standard InChI is InChI=1S/C15H21F2N3O2S2/c16-11-1-4-15(17)10(5-11)7-18-8-13-6-14(23)9-20(13)24(21,22)19-12-2-3-12/h1,4-5,12-14,18-19,23H,2-3,6-9H2/t13-,14+/m0/s1. The van der Waals surface area contributed by atoms with E-state index in [9.17, 15) is 17.2 Å². The van der Waals surface area contributed by atoms with Crippen LogP contribution in [-0.4, -0.2) is 43.1 Å². The van der Waals surface area contributed by atoms with Crippen molar-refractivity contribution < 1.29 is 17.2 Å². The number of rotatable bonds is 7. The Morgan fingerprint density at radius 3 is 2.75 bits per heavy atom. The Bertz CT molecular complexity index is 698. The molecule has 0 aromatic heterocycles. The van der Waals surface area contributed by atoms with Crippen LogP contribution in [0.25, 0.3) is 0 Å². The van der Waals surface area contributed by atoms with Gasteiger partial charge in [-0.05, 0) is 37.5 Å². The fourth-order valence-corrected chi connectivity index (χ4v) is 5.13. The van der Waals surface area contributed by atoms with E-state index in [0.29, 0.717) is 19.5 Å². The summed E-state index contributed by atoms with van der Waals surface area (Å²) in [6.45, 7) is 0.853. The van der Waals surface area contributed by atoms with Gasteiger partial charge < -0.3 is 5.32 Å². The fraction of sp³-hybridized carbons (Fsp3) is 0.600. The average molecular weight is 377 g/mol. The maximum atomic E-state index is 13.6. The van der Waals surface area contributed by atoms with Crippen molar-refractivity contribution in [3.63, 3.8) is 0 Å². The summed E-state index contributed by atoms with van der Waals surface area (Å²) >= 11 is 4.40. The number of hydrogen-bond acceptors (Lipinski definition) is 4. The average Bonchev–Trinajstić information content (AvgIpc) is 3.22. The van der Waals surface area contributed by atoms with Gasteiger partial charge in [-0.15, -0.1) is 0 Å². The second kappa shape index (κ2) is 7.25. The van der Waals surface area contributed by atoms with E-state index in [2.05, 4.69) is 22.7 Å². The third kappa shape index (κ3) is 4.45. The number of nitrogens with zero attached hydrogens (tertiary/aromatic N) is 1. The largest absolute Gasteiger partial charge is 0.311 e. The van der Waals surface area contributed by atoms with Crippen LogP contribution in [0.1, 0.15) is 24.8 Å². The summed E-state index contributed by atoms with van der Waals surface area (Å²) in [5.41, 5.74) is 0.223. The van der Waals surface area contributed by atoms with Crippen LogP contribution in [0.3, 0.4) is 0 Å². The first kappa shape index (κ1) is 18.1. The van der Waals surface area contributed by atoms with Gasteiger partial charge in [0.1, 0.15) is 11.6 Å². The van der Waals surface area contributed by atoms with Gasteiger partial charge in [0.25, 0.3) is 10.2 Å². The van der Waals surface area contributed by atoms with Gasteiger partial charge >= 0.3 is 0 Å². The zero-order valence-corrected chi connectivity index (χ0v) is 14.8. The SMILES string of the molecule is O=S(=O)(NC1CC1)N1C[C@H](S)C[C@H]1CNCc1cc(F)ccc1F. The monoisotopic (exact) mass is 377 g/mol. The summed E-state index contributed by atoms with van der Waals surface area (Å²) in [6, 6.07) is 3.09. The molecule has 9 heteroatoms. The van der Waals surface area contributed by atoms with E-state index in [0.717, 1.165) is 31.0 Å². The van der Waals surface area contributed by atoms with Crippen LogP contribution >= 0.6 is 12.6 Å². The first-order chi connectivity index (χ1) is 11.3. The van der Waals surface area contributed by atoms with Crippen molar-refractivity contribution in [1.82, 2.24) is 14.3 Å². The summed E-state index contributed by atoms with van der Waals surface area (Å²) in [6.07, 6.45) is 2.37. The lowest BCUT2D eigenvalue weighted by atomic mass is 10.2. The van der Waals surface area contributed by atoms with Crippen molar-refractivity contribution in [3.8, 4) is 0 Å². The number of halogens is 2. The van der Waals surface area contributed by atoms with Gasteiger partial charge in [0, 0.05) is 42.5 Å². The lowest BCUT2D eigenvalue weighted by Crippen LogP contribution is -2.47. The van der Waals surface area contributed by atoms with E-state index in [1.807, 2.05) is 0 Å². The number of thiol groups is 1. The zero-order chi connectivity index (χ0) is 17.3. The highest BCUT2D eigenvalue weighted by Gasteiger charge is 2.40. The summed E-state index contributed by atoms with van der Waals surface area (Å²) in [4.78, 5) is 0. The van der Waals surface area contributed by atoms with Gasteiger partial charge in [-0.25, -0.2) is 8.78 Å². The molecule has 2 aliphatic rings. The van der Waals surface area contributed by atoms with E-state index in [-0.39, 0.29) is 29.4 Å². The van der Waals surface area contributed by atoms with Crippen molar-refractivity contribution >= 4 is 22.8 Å². The van der Waals surface area contributed by atoms with Crippen molar-refractivity contribution in [2.24, 2.45) is 0 Å². The van der Waals surface area contributed by atoms with Crippen LogP contribution in [0.5, 0.6) is 0 Å². The molecule has 2 fully saturated rings. The van der Waals surface area contributed by atoms with E-state index >= 15 is 0 Å². The Morgan fingerprint density at radius 2 is 2.04 bits per heavy atom. The molecule has 1 aliphatic heterocycles. The van der Waals surface area contributed by atoms with Gasteiger partial charge in [-0.2, -0.15) is 30.1 Å². The van der Waals surface area contributed by atoms with Crippen LogP contribution in [0.15, 0.2) is 18.2 Å². The molecule has 0 spiro atoms. The molecular formula is C15H21F2N3O2S2. The van der Waals surface area contributed by atoms with Gasteiger partial charge in [0.05, 0.1) is 0 Å². The van der Waals surface area contributed by atoms with Crippen molar-refractivity contribution in [2.75, 3.05) is 13.1 Å². The molecule has 1 aliphatic carbocycles. The summed E-state index contributed by atoms with van der Waals surface area (Å²) in [5.74, 6) is -0.982. The molecule has 2 N–H and O–H groups in total. The molecule has 0 bridgehead atoms. The van der Waals surface area contributed by atoms with Crippen LogP contribution in [-0.2, 0) is 16.8 Å². The van der Waals surface area contributed by atoms with Gasteiger partial charge in [-0.1, -0.05) is 0 Å². The quantitative estimate of drug-likeness (QED) is 0.630. The molecule has 0 unspecified atom stereocenters. The molecule has 0 amide bonds. The second-order valence-corrected chi connectivity index (χ2v) is 8.76. The molecule has 134 valence electrons. The Morgan fingerprint density at radius 1 is 1.29 bits per heavy atom. The smallest absolute Gasteiger partial charge is 0.280 e. The van der Waals surface area contributed by atoms with Gasteiger partial charge in [-0.3, -0.25) is 0 Å². The lowest BCUT2D eigenvalue weighted by Gasteiger charge is -2.24.